The lowest BCUT2D eigenvalue weighted by atomic mass is 9.83. The zero-order valence-corrected chi connectivity index (χ0v) is 17.7. The van der Waals surface area contributed by atoms with Crippen LogP contribution in [-0.2, 0) is 11.2 Å². The first-order valence-electron chi connectivity index (χ1n) is 11.1. The summed E-state index contributed by atoms with van der Waals surface area (Å²) in [5.74, 6) is 0.289. The van der Waals surface area contributed by atoms with Gasteiger partial charge in [0.25, 0.3) is 5.69 Å². The summed E-state index contributed by atoms with van der Waals surface area (Å²) in [6, 6.07) is 14.7. The number of nitrogens with zero attached hydrogens (tertiary/aromatic N) is 4. The maximum absolute atomic E-state index is 13.2. The van der Waals surface area contributed by atoms with E-state index in [1.807, 2.05) is 30.3 Å². The highest BCUT2D eigenvalue weighted by Crippen LogP contribution is 2.39. The normalized spacial score (nSPS) is 21.8. The average Bonchev–Trinajstić information content (AvgIpc) is 3.65. The van der Waals surface area contributed by atoms with Crippen molar-refractivity contribution >= 4 is 23.0 Å². The van der Waals surface area contributed by atoms with E-state index >= 15 is 0 Å². The molecule has 2 aromatic rings. The average molecular weight is 431 g/mol. The van der Waals surface area contributed by atoms with E-state index in [0.29, 0.717) is 44.1 Å². The van der Waals surface area contributed by atoms with E-state index < -0.39 is 0 Å². The number of nitriles is 1. The fourth-order valence-corrected chi connectivity index (χ4v) is 4.98. The number of nitrogens with one attached hydrogen (secondary N) is 1. The van der Waals surface area contributed by atoms with Crippen LogP contribution in [-0.4, -0.2) is 43.1 Å². The maximum atomic E-state index is 13.2. The number of rotatable bonds is 5. The molecule has 0 aromatic heterocycles. The van der Waals surface area contributed by atoms with Gasteiger partial charge in [0.1, 0.15) is 6.07 Å². The number of amides is 1. The molecule has 0 unspecified atom stereocenters. The molecule has 5 rings (SSSR count). The van der Waals surface area contributed by atoms with Crippen molar-refractivity contribution in [3.8, 4) is 6.07 Å². The van der Waals surface area contributed by atoms with E-state index in [1.165, 1.54) is 0 Å². The zero-order chi connectivity index (χ0) is 22.2. The minimum Gasteiger partial charge on any atom is -0.367 e. The van der Waals surface area contributed by atoms with E-state index in [0.717, 1.165) is 29.8 Å². The highest BCUT2D eigenvalue weighted by molar-refractivity contribution is 5.82. The molecule has 3 aliphatic rings. The Labute approximate surface area is 186 Å². The summed E-state index contributed by atoms with van der Waals surface area (Å²) < 4.78 is 0. The first kappa shape index (κ1) is 20.3. The lowest BCUT2D eigenvalue weighted by Crippen LogP contribution is -2.61. The van der Waals surface area contributed by atoms with Gasteiger partial charge in [0.05, 0.1) is 28.1 Å². The Hall–Kier alpha value is -3.60. The van der Waals surface area contributed by atoms with Crippen LogP contribution in [0.15, 0.2) is 42.5 Å². The third-order valence-electron chi connectivity index (χ3n) is 6.87. The lowest BCUT2D eigenvalue weighted by Gasteiger charge is -2.49. The third kappa shape index (κ3) is 3.75. The van der Waals surface area contributed by atoms with Gasteiger partial charge in [-0.3, -0.25) is 14.9 Å². The Morgan fingerprint density at radius 1 is 1.19 bits per heavy atom. The Morgan fingerprint density at radius 3 is 2.75 bits per heavy atom. The van der Waals surface area contributed by atoms with Crippen molar-refractivity contribution in [1.82, 2.24) is 5.32 Å². The maximum Gasteiger partial charge on any atom is 0.269 e. The number of para-hydroxylation sites is 1. The van der Waals surface area contributed by atoms with Crippen LogP contribution < -0.4 is 15.1 Å². The van der Waals surface area contributed by atoms with Gasteiger partial charge in [-0.1, -0.05) is 12.1 Å². The molecule has 1 aliphatic carbocycles. The van der Waals surface area contributed by atoms with Crippen molar-refractivity contribution in [1.29, 1.82) is 5.26 Å². The molecule has 0 spiro atoms. The number of fused-ring (bicyclic) bond motifs is 3. The molecule has 32 heavy (non-hydrogen) atoms. The number of carbonyl (C=O) groups is 1. The van der Waals surface area contributed by atoms with Crippen LogP contribution >= 0.6 is 0 Å². The van der Waals surface area contributed by atoms with Gasteiger partial charge < -0.3 is 15.1 Å². The fourth-order valence-electron chi connectivity index (χ4n) is 4.98. The van der Waals surface area contributed by atoms with Crippen LogP contribution in [0.1, 0.15) is 24.0 Å². The Balaban J connectivity index is 1.47. The summed E-state index contributed by atoms with van der Waals surface area (Å²) in [4.78, 5) is 28.6. The van der Waals surface area contributed by atoms with Crippen molar-refractivity contribution in [2.45, 2.75) is 25.3 Å². The summed E-state index contributed by atoms with van der Waals surface area (Å²) >= 11 is 0. The zero-order valence-electron chi connectivity index (χ0n) is 17.7. The van der Waals surface area contributed by atoms with E-state index in [-0.39, 0.29) is 28.5 Å². The van der Waals surface area contributed by atoms with Crippen molar-refractivity contribution < 1.29 is 9.72 Å². The molecule has 1 amide bonds. The second kappa shape index (κ2) is 8.15. The summed E-state index contributed by atoms with van der Waals surface area (Å²) in [7, 11) is 0. The highest BCUT2D eigenvalue weighted by Gasteiger charge is 2.42. The molecule has 1 N–H and O–H groups in total. The fraction of sp³-hybridized carbons (Fsp3) is 0.417. The molecule has 1 saturated carbocycles. The molecule has 2 atom stereocenters. The number of benzene rings is 2. The Kier molecular flexibility index (Phi) is 5.17. The molecular formula is C24H25N5O3. The molecule has 2 aliphatic heterocycles. The second-order valence-corrected chi connectivity index (χ2v) is 8.90. The van der Waals surface area contributed by atoms with Gasteiger partial charge >= 0.3 is 0 Å². The molecule has 0 bridgehead atoms. The molecule has 8 heteroatoms. The number of hydrogen-bond donors (Lipinski definition) is 1. The Bertz CT molecular complexity index is 1110. The molecule has 1 saturated heterocycles. The molecule has 2 fully saturated rings. The SMILES string of the molecule is N#Cc1ccccc1N1CCN2c3ccc([N+](=O)[O-])cc3C[C@H](C(=O)NCC3CC3)[C@H]2C1. The minimum absolute atomic E-state index is 0.0134. The lowest BCUT2D eigenvalue weighted by molar-refractivity contribution is -0.384. The number of piperazine rings is 1. The smallest absolute Gasteiger partial charge is 0.269 e. The summed E-state index contributed by atoms with van der Waals surface area (Å²) in [5, 5.41) is 24.0. The van der Waals surface area contributed by atoms with Crippen molar-refractivity contribution in [3.05, 3.63) is 63.7 Å². The number of nitro benzene ring substituents is 1. The van der Waals surface area contributed by atoms with Gasteiger partial charge in [-0.2, -0.15) is 5.26 Å². The molecule has 2 aromatic carbocycles. The van der Waals surface area contributed by atoms with E-state index in [1.54, 1.807) is 12.1 Å². The standard InChI is InChI=1S/C24H25N5O3/c25-13-17-3-1-2-4-21(17)27-9-10-28-22-8-7-19(29(31)32)11-18(22)12-20(23(28)15-27)24(30)26-14-16-5-6-16/h1-4,7-8,11,16,20,23H,5-6,9-10,12,14-15H2,(H,26,30)/t20-,23+/m0/s1. The summed E-state index contributed by atoms with van der Waals surface area (Å²) in [5.41, 5.74) is 3.40. The first-order chi connectivity index (χ1) is 15.5. The number of carbonyl (C=O) groups excluding carboxylic acids is 1. The van der Waals surface area contributed by atoms with Crippen LogP contribution in [0, 0.1) is 33.3 Å². The van der Waals surface area contributed by atoms with Crippen molar-refractivity contribution in [2.75, 3.05) is 36.0 Å². The molecular weight excluding hydrogens is 406 g/mol. The summed E-state index contributed by atoms with van der Waals surface area (Å²) in [6.45, 7) is 2.71. The molecule has 0 radical (unpaired) electrons. The van der Waals surface area contributed by atoms with Gasteiger partial charge in [-0.05, 0) is 48.9 Å². The van der Waals surface area contributed by atoms with Gasteiger partial charge in [0.15, 0.2) is 0 Å². The van der Waals surface area contributed by atoms with E-state index in [9.17, 15) is 20.2 Å². The predicted molar refractivity (Wildman–Crippen MR) is 121 cm³/mol. The highest BCUT2D eigenvalue weighted by atomic mass is 16.6. The van der Waals surface area contributed by atoms with Crippen LogP contribution in [0.2, 0.25) is 0 Å². The monoisotopic (exact) mass is 431 g/mol. The minimum atomic E-state index is -0.384. The van der Waals surface area contributed by atoms with Gasteiger partial charge in [0, 0.05) is 44.0 Å². The van der Waals surface area contributed by atoms with Crippen molar-refractivity contribution in [3.63, 3.8) is 0 Å². The predicted octanol–water partition coefficient (Wildman–Crippen LogP) is 2.86. The molecule has 8 nitrogen and oxygen atoms in total. The number of nitro groups is 1. The quantitative estimate of drug-likeness (QED) is 0.577. The van der Waals surface area contributed by atoms with Gasteiger partial charge in [-0.15, -0.1) is 0 Å². The first-order valence-corrected chi connectivity index (χ1v) is 11.1. The number of non-ortho nitro benzene ring substituents is 1. The Morgan fingerprint density at radius 2 is 2.00 bits per heavy atom. The van der Waals surface area contributed by atoms with Gasteiger partial charge in [0.2, 0.25) is 5.91 Å². The summed E-state index contributed by atoms with van der Waals surface area (Å²) in [6.07, 6.45) is 2.80. The van der Waals surface area contributed by atoms with Crippen LogP contribution in [0.4, 0.5) is 17.1 Å². The van der Waals surface area contributed by atoms with Crippen LogP contribution in [0.25, 0.3) is 0 Å². The van der Waals surface area contributed by atoms with E-state index in [2.05, 4.69) is 21.2 Å². The van der Waals surface area contributed by atoms with E-state index in [4.69, 9.17) is 0 Å². The second-order valence-electron chi connectivity index (χ2n) is 8.90. The largest absolute Gasteiger partial charge is 0.367 e. The van der Waals surface area contributed by atoms with Crippen molar-refractivity contribution in [2.24, 2.45) is 11.8 Å². The number of hydrogen-bond acceptors (Lipinski definition) is 6. The molecule has 164 valence electrons. The van der Waals surface area contributed by atoms with Crippen LogP contribution in [0.3, 0.4) is 0 Å². The van der Waals surface area contributed by atoms with Crippen LogP contribution in [0.5, 0.6) is 0 Å². The van der Waals surface area contributed by atoms with Gasteiger partial charge in [-0.25, -0.2) is 0 Å². The molecule has 2 heterocycles. The third-order valence-corrected chi connectivity index (χ3v) is 6.87. The number of anilines is 2. The topological polar surface area (TPSA) is 103 Å².